The number of hydrogen-bond donors (Lipinski definition) is 0. The summed E-state index contributed by atoms with van der Waals surface area (Å²) in [5.41, 5.74) is 0. The topological polar surface area (TPSA) is 9.23 Å². The predicted molar refractivity (Wildman–Crippen MR) is 38.4 cm³/mol. The molecule has 0 unspecified atom stereocenters. The molecule has 0 fully saturated rings. The summed E-state index contributed by atoms with van der Waals surface area (Å²) in [7, 11) is 1.69. The first-order valence-corrected chi connectivity index (χ1v) is 4.63. The maximum absolute atomic E-state index is 5.02. The summed E-state index contributed by atoms with van der Waals surface area (Å²) in [6.45, 7) is 0. The van der Waals surface area contributed by atoms with E-state index in [-0.39, 0.29) is 0 Å². The van der Waals surface area contributed by atoms with Gasteiger partial charge in [-0.2, -0.15) is 0 Å². The summed E-state index contributed by atoms with van der Waals surface area (Å²) in [5, 5.41) is 0. The van der Waals surface area contributed by atoms with E-state index in [0.29, 0.717) is 0 Å². The van der Waals surface area contributed by atoms with Gasteiger partial charge in [0.25, 0.3) is 0 Å². The van der Waals surface area contributed by atoms with Gasteiger partial charge < -0.3 is 0 Å². The summed E-state index contributed by atoms with van der Waals surface area (Å²) >= 11 is 1.10. The van der Waals surface area contributed by atoms with Crippen molar-refractivity contribution in [3.63, 3.8) is 0 Å². The molecule has 0 aliphatic rings. The predicted octanol–water partition coefficient (Wildman–Crippen LogP) is 0.489. The molecule has 1 aromatic carbocycles. The van der Waals surface area contributed by atoms with Crippen LogP contribution in [0.1, 0.15) is 0 Å². The third-order valence-corrected chi connectivity index (χ3v) is 2.28. The Morgan fingerprint density at radius 3 is 2.67 bits per heavy atom. The summed E-state index contributed by atoms with van der Waals surface area (Å²) in [5.74, 6) is 0.961. The van der Waals surface area contributed by atoms with Crippen molar-refractivity contribution in [1.82, 2.24) is 0 Å². The fourth-order valence-electron chi connectivity index (χ4n) is 0.623. The van der Waals surface area contributed by atoms with E-state index in [9.17, 15) is 0 Å². The van der Waals surface area contributed by atoms with E-state index < -0.39 is 0 Å². The first kappa shape index (κ1) is 7.05. The summed E-state index contributed by atoms with van der Waals surface area (Å²) in [4.78, 5) is 0. The summed E-state index contributed by atoms with van der Waals surface area (Å²) in [6, 6.07) is 8.14. The van der Waals surface area contributed by atoms with Gasteiger partial charge in [0.05, 0.1) is 0 Å². The molecule has 0 atom stereocenters. The molecule has 0 aliphatic carbocycles. The monoisotopic (exact) mass is 315 g/mol. The molecule has 0 bridgehead atoms. The van der Waals surface area contributed by atoms with E-state index in [1.54, 1.807) is 7.11 Å². The fraction of sp³-hybridized carbons (Fsp3) is 0.143. The molecule has 0 saturated heterocycles. The van der Waals surface area contributed by atoms with E-state index in [1.807, 2.05) is 12.1 Å². The van der Waals surface area contributed by atoms with Crippen molar-refractivity contribution in [2.24, 2.45) is 0 Å². The molecule has 45 valence electrons. The molecule has 3 radical (unpaired) electrons. The van der Waals surface area contributed by atoms with Crippen LogP contribution >= 0.6 is 0 Å². The molecule has 0 saturated carbocycles. The van der Waals surface area contributed by atoms with E-state index >= 15 is 0 Å². The van der Waals surface area contributed by atoms with Crippen LogP contribution in [0.25, 0.3) is 0 Å². The molecule has 2 heteroatoms. The van der Waals surface area contributed by atoms with Gasteiger partial charge in [0.1, 0.15) is 0 Å². The quantitative estimate of drug-likeness (QED) is 0.686. The van der Waals surface area contributed by atoms with Crippen molar-refractivity contribution < 1.29 is 4.74 Å². The first-order valence-electron chi connectivity index (χ1n) is 2.68. The van der Waals surface area contributed by atoms with Gasteiger partial charge in [-0.25, -0.2) is 0 Å². The van der Waals surface area contributed by atoms with E-state index in [1.165, 1.54) is 3.12 Å². The Bertz CT molecular complexity index is 198. The number of hydrogen-bond acceptors (Lipinski definition) is 1. The SMILES string of the molecule is COc1ccc[c]([Pb])c1. The zero-order valence-electron chi connectivity index (χ0n) is 5.22. The van der Waals surface area contributed by atoms with E-state index in [0.717, 1.165) is 31.5 Å². The van der Waals surface area contributed by atoms with Crippen LogP contribution < -0.4 is 7.86 Å². The number of methoxy groups -OCH3 is 1. The van der Waals surface area contributed by atoms with Gasteiger partial charge in [-0.05, 0) is 0 Å². The first-order chi connectivity index (χ1) is 4.33. The van der Waals surface area contributed by atoms with Gasteiger partial charge in [-0.1, -0.05) is 0 Å². The average molecular weight is 314 g/mol. The second-order valence-corrected chi connectivity index (χ2v) is 3.98. The molecule has 0 spiro atoms. The van der Waals surface area contributed by atoms with Crippen molar-refractivity contribution in [2.75, 3.05) is 7.11 Å². The van der Waals surface area contributed by atoms with Crippen molar-refractivity contribution in [3.05, 3.63) is 24.3 Å². The van der Waals surface area contributed by atoms with E-state index in [2.05, 4.69) is 12.1 Å². The van der Waals surface area contributed by atoms with Crippen LogP contribution in [0.4, 0.5) is 0 Å². The van der Waals surface area contributed by atoms with Gasteiger partial charge in [-0.15, -0.1) is 0 Å². The zero-order valence-corrected chi connectivity index (χ0v) is 9.11. The molecule has 0 N–H and O–H groups in total. The van der Waals surface area contributed by atoms with Gasteiger partial charge in [0.2, 0.25) is 0 Å². The molecular formula is C7H7OPb. The maximum atomic E-state index is 5.02. The Labute approximate surface area is 70.7 Å². The molecule has 0 amide bonds. The third kappa shape index (κ3) is 1.97. The Kier molecular flexibility index (Phi) is 2.51. The van der Waals surface area contributed by atoms with Crippen LogP contribution in [0.3, 0.4) is 0 Å². The second-order valence-electron chi connectivity index (χ2n) is 1.73. The minimum absolute atomic E-state index is 0.961. The molecular weight excluding hydrogens is 307 g/mol. The van der Waals surface area contributed by atoms with Gasteiger partial charge in [0, 0.05) is 0 Å². The Balaban J connectivity index is 2.94. The molecule has 9 heavy (non-hydrogen) atoms. The Hall–Kier alpha value is -0.0579. The van der Waals surface area contributed by atoms with Crippen molar-refractivity contribution in [1.29, 1.82) is 0 Å². The summed E-state index contributed by atoms with van der Waals surface area (Å²) in [6.07, 6.45) is 0. The van der Waals surface area contributed by atoms with Crippen LogP contribution in [-0.4, -0.2) is 32.9 Å². The standard InChI is InChI=1S/C7H7O.Pb/c1-8-7-5-3-2-4-6-7;/h2-3,5-6H,1H3;. The molecule has 1 rings (SSSR count). The number of rotatable bonds is 1. The summed E-state index contributed by atoms with van der Waals surface area (Å²) < 4.78 is 6.39. The van der Waals surface area contributed by atoms with Crippen LogP contribution in [0.15, 0.2) is 24.3 Å². The zero-order chi connectivity index (χ0) is 6.69. The van der Waals surface area contributed by atoms with Crippen molar-refractivity contribution in [3.8, 4) is 5.75 Å². The van der Waals surface area contributed by atoms with Gasteiger partial charge in [-0.3, -0.25) is 0 Å². The molecule has 0 aromatic heterocycles. The van der Waals surface area contributed by atoms with Crippen LogP contribution in [-0.2, 0) is 0 Å². The third-order valence-electron chi connectivity index (χ3n) is 1.07. The molecule has 0 heterocycles. The van der Waals surface area contributed by atoms with Gasteiger partial charge in [0.15, 0.2) is 0 Å². The van der Waals surface area contributed by atoms with Crippen LogP contribution in [0.5, 0.6) is 5.75 Å². The van der Waals surface area contributed by atoms with Crippen LogP contribution in [0.2, 0.25) is 0 Å². The Morgan fingerprint density at radius 1 is 1.44 bits per heavy atom. The normalized spacial score (nSPS) is 9.11. The van der Waals surface area contributed by atoms with Crippen molar-refractivity contribution in [2.45, 2.75) is 0 Å². The van der Waals surface area contributed by atoms with Crippen LogP contribution in [0, 0.1) is 0 Å². The molecule has 1 nitrogen and oxygen atoms in total. The van der Waals surface area contributed by atoms with E-state index in [4.69, 9.17) is 4.74 Å². The Morgan fingerprint density at radius 2 is 2.22 bits per heavy atom. The molecule has 1 aromatic rings. The van der Waals surface area contributed by atoms with Crippen molar-refractivity contribution >= 4 is 28.9 Å². The average Bonchev–Trinajstić information content (AvgIpc) is 1.88. The number of ether oxygens (including phenoxy) is 1. The van der Waals surface area contributed by atoms with Gasteiger partial charge >= 0.3 is 70.8 Å². The fourth-order valence-corrected chi connectivity index (χ4v) is 1.55. The second kappa shape index (κ2) is 3.20. The number of benzene rings is 1. The molecule has 0 aliphatic heterocycles. The minimum atomic E-state index is 0.961.